The molecule has 0 saturated carbocycles. The number of esters is 1. The van der Waals surface area contributed by atoms with E-state index < -0.39 is 42.7 Å². The second kappa shape index (κ2) is 14.7. The molecular weight excluding hydrogens is 466 g/mol. The standard InChI is InChI=1S/C23H33NO11/c1-7-29-21(26)34-18-10-9-16(12-19(18)35-22(27)30-8-2)11-17(24)20(25)32-14(5)15(6)33-23(28)31-13(3)4/h9-10,12-15,17H,7-8,11,24H2,1-6H3/t14-,15?,17+/m1/s1. The Bertz CT molecular complexity index is 871. The number of ether oxygens (including phenoxy) is 7. The molecule has 0 fully saturated rings. The molecule has 1 rings (SSSR count). The zero-order chi connectivity index (χ0) is 26.5. The first kappa shape index (κ1) is 29.5. The summed E-state index contributed by atoms with van der Waals surface area (Å²) in [7, 11) is 0. The lowest BCUT2D eigenvalue weighted by Gasteiger charge is -2.22. The van der Waals surface area contributed by atoms with E-state index in [1.165, 1.54) is 18.2 Å². The number of nitrogens with two attached hydrogens (primary N) is 1. The lowest BCUT2D eigenvalue weighted by atomic mass is 10.1. The predicted octanol–water partition coefficient (Wildman–Crippen LogP) is 3.51. The van der Waals surface area contributed by atoms with Gasteiger partial charge >= 0.3 is 24.4 Å². The maximum atomic E-state index is 12.4. The third-order valence-corrected chi connectivity index (χ3v) is 4.25. The number of hydrogen-bond acceptors (Lipinski definition) is 12. The Labute approximate surface area is 203 Å². The Kier molecular flexibility index (Phi) is 12.4. The molecule has 0 saturated heterocycles. The van der Waals surface area contributed by atoms with Crippen LogP contribution in [-0.4, -0.2) is 62.0 Å². The molecule has 12 heteroatoms. The summed E-state index contributed by atoms with van der Waals surface area (Å²) in [6.45, 7) is 9.80. The molecule has 0 aromatic heterocycles. The summed E-state index contributed by atoms with van der Waals surface area (Å²) < 4.78 is 34.9. The van der Waals surface area contributed by atoms with Crippen LogP contribution in [0.15, 0.2) is 18.2 Å². The van der Waals surface area contributed by atoms with Crippen molar-refractivity contribution in [1.29, 1.82) is 0 Å². The van der Waals surface area contributed by atoms with E-state index in [2.05, 4.69) is 0 Å². The summed E-state index contributed by atoms with van der Waals surface area (Å²) in [4.78, 5) is 47.5. The van der Waals surface area contributed by atoms with Crippen molar-refractivity contribution < 1.29 is 52.3 Å². The normalized spacial score (nSPS) is 13.1. The molecule has 35 heavy (non-hydrogen) atoms. The van der Waals surface area contributed by atoms with E-state index in [9.17, 15) is 19.2 Å². The molecule has 1 unspecified atom stereocenters. The third kappa shape index (κ3) is 11.0. The number of rotatable bonds is 11. The SMILES string of the molecule is CCOC(=O)Oc1ccc(C[C@H](N)C(=O)O[C@H](C)C(C)OC(=O)OC(C)C)cc1OC(=O)OCC. The van der Waals surface area contributed by atoms with Crippen LogP contribution < -0.4 is 15.2 Å². The number of hydrogen-bond donors (Lipinski definition) is 1. The van der Waals surface area contributed by atoms with Gasteiger partial charge in [0.25, 0.3) is 0 Å². The molecule has 0 radical (unpaired) electrons. The molecule has 0 heterocycles. The highest BCUT2D eigenvalue weighted by Gasteiger charge is 2.25. The Morgan fingerprint density at radius 3 is 1.86 bits per heavy atom. The van der Waals surface area contributed by atoms with Crippen molar-refractivity contribution in [2.45, 2.75) is 72.3 Å². The summed E-state index contributed by atoms with van der Waals surface area (Å²) in [5.74, 6) is -0.970. The summed E-state index contributed by atoms with van der Waals surface area (Å²) in [6, 6.07) is 3.16. The van der Waals surface area contributed by atoms with Crippen molar-refractivity contribution >= 4 is 24.4 Å². The maximum absolute atomic E-state index is 12.4. The van der Waals surface area contributed by atoms with Gasteiger partial charge in [0.15, 0.2) is 11.5 Å². The molecule has 0 aliphatic rings. The topological polar surface area (TPSA) is 159 Å². The van der Waals surface area contributed by atoms with Crippen LogP contribution in [0.25, 0.3) is 0 Å². The summed E-state index contributed by atoms with van der Waals surface area (Å²) >= 11 is 0. The first-order chi connectivity index (χ1) is 16.5. The smallest absolute Gasteiger partial charge is 0.458 e. The fourth-order valence-electron chi connectivity index (χ4n) is 2.49. The monoisotopic (exact) mass is 499 g/mol. The number of carbonyl (C=O) groups is 4. The molecule has 1 aromatic rings. The van der Waals surface area contributed by atoms with Gasteiger partial charge in [-0.25, -0.2) is 14.4 Å². The fraction of sp³-hybridized carbons (Fsp3) is 0.565. The molecule has 0 bridgehead atoms. The van der Waals surface area contributed by atoms with E-state index in [1.807, 2.05) is 0 Å². The van der Waals surface area contributed by atoms with E-state index in [0.29, 0.717) is 5.56 Å². The van der Waals surface area contributed by atoms with Crippen LogP contribution in [-0.2, 0) is 34.9 Å². The minimum absolute atomic E-state index is 0.00491. The molecule has 0 aliphatic carbocycles. The van der Waals surface area contributed by atoms with Crippen LogP contribution in [0.2, 0.25) is 0 Å². The molecular formula is C23H33NO11. The van der Waals surface area contributed by atoms with Crippen LogP contribution in [0.1, 0.15) is 47.1 Å². The first-order valence-corrected chi connectivity index (χ1v) is 11.1. The van der Waals surface area contributed by atoms with Gasteiger partial charge in [0.05, 0.1) is 19.3 Å². The summed E-state index contributed by atoms with van der Waals surface area (Å²) in [5.41, 5.74) is 6.45. The van der Waals surface area contributed by atoms with Crippen molar-refractivity contribution in [3.8, 4) is 11.5 Å². The zero-order valence-corrected chi connectivity index (χ0v) is 20.7. The molecule has 0 spiro atoms. The second-order valence-electron chi connectivity index (χ2n) is 7.54. The van der Waals surface area contributed by atoms with Crippen molar-refractivity contribution in [3.63, 3.8) is 0 Å². The van der Waals surface area contributed by atoms with Crippen LogP contribution in [0.4, 0.5) is 14.4 Å². The van der Waals surface area contributed by atoms with Gasteiger partial charge in [0.1, 0.15) is 18.2 Å². The molecule has 3 atom stereocenters. The molecule has 1 aromatic carbocycles. The summed E-state index contributed by atoms with van der Waals surface area (Å²) in [6.07, 6.45) is -4.81. The van der Waals surface area contributed by atoms with Crippen molar-refractivity contribution in [3.05, 3.63) is 23.8 Å². The van der Waals surface area contributed by atoms with Crippen molar-refractivity contribution in [2.24, 2.45) is 5.73 Å². The van der Waals surface area contributed by atoms with Gasteiger partial charge in [-0.2, -0.15) is 0 Å². The highest BCUT2D eigenvalue weighted by molar-refractivity contribution is 5.76. The van der Waals surface area contributed by atoms with Crippen LogP contribution in [0.5, 0.6) is 11.5 Å². The van der Waals surface area contributed by atoms with E-state index in [1.54, 1.807) is 41.5 Å². The van der Waals surface area contributed by atoms with Gasteiger partial charge < -0.3 is 38.9 Å². The van der Waals surface area contributed by atoms with Gasteiger partial charge in [-0.3, -0.25) is 4.79 Å². The second-order valence-corrected chi connectivity index (χ2v) is 7.54. The van der Waals surface area contributed by atoms with Crippen molar-refractivity contribution in [1.82, 2.24) is 0 Å². The predicted molar refractivity (Wildman–Crippen MR) is 121 cm³/mol. The highest BCUT2D eigenvalue weighted by Crippen LogP contribution is 2.30. The Morgan fingerprint density at radius 1 is 0.771 bits per heavy atom. The number of benzene rings is 1. The molecule has 0 amide bonds. The van der Waals surface area contributed by atoms with E-state index in [4.69, 9.17) is 38.9 Å². The lowest BCUT2D eigenvalue weighted by Crippen LogP contribution is -2.39. The first-order valence-electron chi connectivity index (χ1n) is 11.1. The lowest BCUT2D eigenvalue weighted by molar-refractivity contribution is -0.155. The Hall–Kier alpha value is -3.54. The van der Waals surface area contributed by atoms with E-state index in [0.717, 1.165) is 0 Å². The van der Waals surface area contributed by atoms with Crippen LogP contribution in [0.3, 0.4) is 0 Å². The van der Waals surface area contributed by atoms with Crippen LogP contribution >= 0.6 is 0 Å². The van der Waals surface area contributed by atoms with Gasteiger partial charge in [-0.15, -0.1) is 0 Å². The quantitative estimate of drug-likeness (QED) is 0.268. The fourth-order valence-corrected chi connectivity index (χ4v) is 2.49. The molecule has 2 N–H and O–H groups in total. The Balaban J connectivity index is 2.85. The zero-order valence-electron chi connectivity index (χ0n) is 20.7. The largest absolute Gasteiger partial charge is 0.513 e. The van der Waals surface area contributed by atoms with E-state index >= 15 is 0 Å². The molecule has 0 aliphatic heterocycles. The minimum Gasteiger partial charge on any atom is -0.458 e. The average molecular weight is 500 g/mol. The van der Waals surface area contributed by atoms with Gasteiger partial charge in [-0.1, -0.05) is 6.07 Å². The van der Waals surface area contributed by atoms with Crippen LogP contribution in [0, 0.1) is 0 Å². The molecule has 196 valence electrons. The maximum Gasteiger partial charge on any atom is 0.513 e. The van der Waals surface area contributed by atoms with Gasteiger partial charge in [0.2, 0.25) is 0 Å². The number of carbonyl (C=O) groups excluding carboxylic acids is 4. The van der Waals surface area contributed by atoms with Crippen molar-refractivity contribution in [2.75, 3.05) is 13.2 Å². The third-order valence-electron chi connectivity index (χ3n) is 4.25. The minimum atomic E-state index is -1.10. The molecule has 12 nitrogen and oxygen atoms in total. The summed E-state index contributed by atoms with van der Waals surface area (Å²) in [5, 5.41) is 0. The Morgan fingerprint density at radius 2 is 1.31 bits per heavy atom. The highest BCUT2D eigenvalue weighted by atomic mass is 16.7. The van der Waals surface area contributed by atoms with Gasteiger partial charge in [-0.05, 0) is 65.7 Å². The van der Waals surface area contributed by atoms with Gasteiger partial charge in [0, 0.05) is 0 Å². The average Bonchev–Trinajstić information content (AvgIpc) is 2.75. The van der Waals surface area contributed by atoms with E-state index in [-0.39, 0.29) is 37.2 Å².